The molecule has 0 atom stereocenters. The normalized spacial score (nSPS) is 10.7. The number of hydrogen-bond acceptors (Lipinski definition) is 5. The van der Waals surface area contributed by atoms with Crippen molar-refractivity contribution in [3.63, 3.8) is 0 Å². The van der Waals surface area contributed by atoms with Crippen molar-refractivity contribution in [3.8, 4) is 28.7 Å². The quantitative estimate of drug-likeness (QED) is 0.332. The number of rotatable bonds is 0. The minimum atomic E-state index is -0.541. The zero-order valence-corrected chi connectivity index (χ0v) is 7.47. The molecule has 0 saturated heterocycles. The molecule has 78 valence electrons. The summed E-state index contributed by atoms with van der Waals surface area (Å²) in [6.07, 6.45) is 0. The molecular weight excluding hydrogens is 200 g/mol. The van der Waals surface area contributed by atoms with Gasteiger partial charge in [-0.2, -0.15) is 0 Å². The Bertz CT molecular complexity index is 547. The van der Waals surface area contributed by atoms with Crippen molar-refractivity contribution in [3.05, 3.63) is 18.2 Å². The second kappa shape index (κ2) is 2.84. The summed E-state index contributed by atoms with van der Waals surface area (Å²) < 4.78 is 0. The van der Waals surface area contributed by atoms with Crippen molar-refractivity contribution < 1.29 is 25.5 Å². The number of hydrogen-bond donors (Lipinski definition) is 5. The van der Waals surface area contributed by atoms with Crippen LogP contribution >= 0.6 is 0 Å². The van der Waals surface area contributed by atoms with E-state index in [2.05, 4.69) is 0 Å². The third-order valence-corrected chi connectivity index (χ3v) is 2.13. The second-order valence-electron chi connectivity index (χ2n) is 3.15. The molecule has 0 amide bonds. The molecule has 0 saturated carbocycles. The van der Waals surface area contributed by atoms with Crippen LogP contribution in [0.4, 0.5) is 0 Å². The van der Waals surface area contributed by atoms with Gasteiger partial charge in [-0.1, -0.05) is 0 Å². The van der Waals surface area contributed by atoms with Crippen LogP contribution in [0.2, 0.25) is 0 Å². The number of benzene rings is 2. The molecular formula is C10H8O5. The van der Waals surface area contributed by atoms with Gasteiger partial charge in [-0.15, -0.1) is 0 Å². The van der Waals surface area contributed by atoms with Crippen LogP contribution in [0.3, 0.4) is 0 Å². The Morgan fingerprint density at radius 3 is 2.00 bits per heavy atom. The molecule has 0 aromatic heterocycles. The maximum atomic E-state index is 9.45. The number of phenols is 5. The lowest BCUT2D eigenvalue weighted by Crippen LogP contribution is -1.79. The molecule has 2 rings (SSSR count). The Morgan fingerprint density at radius 1 is 0.667 bits per heavy atom. The lowest BCUT2D eigenvalue weighted by atomic mass is 10.1. The molecule has 0 aliphatic rings. The van der Waals surface area contributed by atoms with Crippen LogP contribution in [0.25, 0.3) is 10.8 Å². The highest BCUT2D eigenvalue weighted by Crippen LogP contribution is 2.45. The standard InChI is InChI=1S/C10H8O5/c11-4-1-5-6(12)3-8(14)10(15)9(5)7(13)2-4/h1-3,11-15H. The monoisotopic (exact) mass is 208 g/mol. The van der Waals surface area contributed by atoms with E-state index in [1.54, 1.807) is 0 Å². The van der Waals surface area contributed by atoms with Gasteiger partial charge in [0.25, 0.3) is 0 Å². The molecule has 0 spiro atoms. The van der Waals surface area contributed by atoms with Crippen LogP contribution in [-0.4, -0.2) is 25.5 Å². The molecule has 5 N–H and O–H groups in total. The van der Waals surface area contributed by atoms with E-state index in [0.717, 1.165) is 12.1 Å². The molecule has 2 aromatic rings. The Balaban J connectivity index is 3.03. The maximum Gasteiger partial charge on any atom is 0.169 e. The highest BCUT2D eigenvalue weighted by molar-refractivity contribution is 6.00. The summed E-state index contributed by atoms with van der Waals surface area (Å²) in [5.74, 6) is -2.10. The first-order valence-corrected chi connectivity index (χ1v) is 4.10. The molecule has 2 aromatic carbocycles. The average molecular weight is 208 g/mol. The molecule has 0 radical (unpaired) electrons. The van der Waals surface area contributed by atoms with Gasteiger partial charge in [-0.05, 0) is 6.07 Å². The molecule has 5 heteroatoms. The smallest absolute Gasteiger partial charge is 0.169 e. The Hall–Kier alpha value is -2.30. The van der Waals surface area contributed by atoms with E-state index in [9.17, 15) is 25.5 Å². The van der Waals surface area contributed by atoms with E-state index in [4.69, 9.17) is 0 Å². The minimum absolute atomic E-state index is 0.0581. The van der Waals surface area contributed by atoms with E-state index in [1.807, 2.05) is 0 Å². The minimum Gasteiger partial charge on any atom is -0.508 e. The predicted octanol–water partition coefficient (Wildman–Crippen LogP) is 1.37. The third-order valence-electron chi connectivity index (χ3n) is 2.13. The summed E-state index contributed by atoms with van der Waals surface area (Å²) in [7, 11) is 0. The summed E-state index contributed by atoms with van der Waals surface area (Å²) in [4.78, 5) is 0. The highest BCUT2D eigenvalue weighted by atomic mass is 16.3. The summed E-state index contributed by atoms with van der Waals surface area (Å²) in [5, 5.41) is 46.7. The summed E-state index contributed by atoms with van der Waals surface area (Å²) >= 11 is 0. The van der Waals surface area contributed by atoms with Crippen LogP contribution in [0.5, 0.6) is 28.7 Å². The topological polar surface area (TPSA) is 101 Å². The Labute approximate surface area is 84.1 Å². The average Bonchev–Trinajstić information content (AvgIpc) is 2.13. The van der Waals surface area contributed by atoms with Gasteiger partial charge in [0.1, 0.15) is 17.2 Å². The predicted molar refractivity (Wildman–Crippen MR) is 52.3 cm³/mol. The van der Waals surface area contributed by atoms with Gasteiger partial charge < -0.3 is 25.5 Å². The first kappa shape index (κ1) is 9.26. The molecule has 15 heavy (non-hydrogen) atoms. The van der Waals surface area contributed by atoms with E-state index in [-0.39, 0.29) is 22.3 Å². The molecule has 0 fully saturated rings. The Morgan fingerprint density at radius 2 is 1.33 bits per heavy atom. The van der Waals surface area contributed by atoms with Crippen molar-refractivity contribution in [1.82, 2.24) is 0 Å². The summed E-state index contributed by atoms with van der Waals surface area (Å²) in [5.41, 5.74) is 0. The van der Waals surface area contributed by atoms with Gasteiger partial charge in [0.2, 0.25) is 0 Å². The fourth-order valence-corrected chi connectivity index (χ4v) is 1.47. The van der Waals surface area contributed by atoms with Crippen LogP contribution in [0.15, 0.2) is 18.2 Å². The van der Waals surface area contributed by atoms with Gasteiger partial charge in [0, 0.05) is 17.5 Å². The first-order valence-electron chi connectivity index (χ1n) is 4.10. The van der Waals surface area contributed by atoms with Gasteiger partial charge in [-0.25, -0.2) is 0 Å². The molecule has 0 heterocycles. The highest BCUT2D eigenvalue weighted by Gasteiger charge is 2.14. The fraction of sp³-hybridized carbons (Fsp3) is 0. The molecule has 0 bridgehead atoms. The Kier molecular flexibility index (Phi) is 1.76. The van der Waals surface area contributed by atoms with Crippen molar-refractivity contribution in [2.45, 2.75) is 0 Å². The van der Waals surface area contributed by atoms with E-state index in [1.165, 1.54) is 6.07 Å². The summed E-state index contributed by atoms with van der Waals surface area (Å²) in [6.45, 7) is 0. The SMILES string of the molecule is Oc1cc(O)c2c(O)c(O)cc(O)c2c1. The van der Waals surface area contributed by atoms with Crippen molar-refractivity contribution in [2.24, 2.45) is 0 Å². The van der Waals surface area contributed by atoms with Gasteiger partial charge >= 0.3 is 0 Å². The van der Waals surface area contributed by atoms with Crippen LogP contribution in [0.1, 0.15) is 0 Å². The lowest BCUT2D eigenvalue weighted by molar-refractivity contribution is 0.398. The van der Waals surface area contributed by atoms with Crippen LogP contribution in [0, 0.1) is 0 Å². The fourth-order valence-electron chi connectivity index (χ4n) is 1.47. The summed E-state index contributed by atoms with van der Waals surface area (Å²) in [6, 6.07) is 3.10. The molecule has 0 aliphatic heterocycles. The number of phenolic OH excluding ortho intramolecular Hbond substituents is 5. The largest absolute Gasteiger partial charge is 0.508 e. The van der Waals surface area contributed by atoms with E-state index in [0.29, 0.717) is 0 Å². The first-order chi connectivity index (χ1) is 7.00. The second-order valence-corrected chi connectivity index (χ2v) is 3.15. The molecule has 0 unspecified atom stereocenters. The number of fused-ring (bicyclic) bond motifs is 1. The van der Waals surface area contributed by atoms with Crippen LogP contribution < -0.4 is 0 Å². The van der Waals surface area contributed by atoms with E-state index >= 15 is 0 Å². The van der Waals surface area contributed by atoms with Crippen molar-refractivity contribution >= 4 is 10.8 Å². The lowest BCUT2D eigenvalue weighted by Gasteiger charge is -2.08. The molecule has 5 nitrogen and oxygen atoms in total. The van der Waals surface area contributed by atoms with Crippen molar-refractivity contribution in [2.75, 3.05) is 0 Å². The van der Waals surface area contributed by atoms with Gasteiger partial charge in [0.05, 0.1) is 5.39 Å². The van der Waals surface area contributed by atoms with Crippen molar-refractivity contribution in [1.29, 1.82) is 0 Å². The molecule has 0 aliphatic carbocycles. The van der Waals surface area contributed by atoms with Gasteiger partial charge in [0.15, 0.2) is 11.5 Å². The maximum absolute atomic E-state index is 9.45. The van der Waals surface area contributed by atoms with E-state index < -0.39 is 17.2 Å². The van der Waals surface area contributed by atoms with Gasteiger partial charge in [-0.3, -0.25) is 0 Å². The zero-order chi connectivity index (χ0) is 11.2. The van der Waals surface area contributed by atoms with Crippen LogP contribution in [-0.2, 0) is 0 Å². The number of aromatic hydroxyl groups is 5. The third kappa shape index (κ3) is 1.25. The zero-order valence-electron chi connectivity index (χ0n) is 7.47.